The summed E-state index contributed by atoms with van der Waals surface area (Å²) < 4.78 is 0. The Labute approximate surface area is 155 Å². The topological polar surface area (TPSA) is 74.7 Å². The molecule has 25 heavy (non-hydrogen) atoms. The van der Waals surface area contributed by atoms with Crippen molar-refractivity contribution < 1.29 is 19.5 Å². The molecule has 0 bridgehead atoms. The van der Waals surface area contributed by atoms with Gasteiger partial charge < -0.3 is 10.0 Å². The van der Waals surface area contributed by atoms with Crippen LogP contribution in [0.2, 0.25) is 0 Å². The molecule has 5 nitrogen and oxygen atoms in total. The van der Waals surface area contributed by atoms with Gasteiger partial charge in [0.15, 0.2) is 0 Å². The van der Waals surface area contributed by atoms with Crippen LogP contribution in [0.25, 0.3) is 0 Å². The van der Waals surface area contributed by atoms with Gasteiger partial charge in [0, 0.05) is 31.5 Å². The Morgan fingerprint density at radius 2 is 2.00 bits per heavy atom. The number of ketones is 1. The Hall–Kier alpha value is -1.30. The molecule has 0 spiro atoms. The Bertz CT molecular complexity index is 476. The maximum atomic E-state index is 12.2. The first kappa shape index (κ1) is 21.7. The van der Waals surface area contributed by atoms with Gasteiger partial charge in [-0.15, -0.1) is 0 Å². The predicted molar refractivity (Wildman–Crippen MR) is 102 cm³/mol. The van der Waals surface area contributed by atoms with Gasteiger partial charge in [0.05, 0.1) is 5.75 Å². The van der Waals surface area contributed by atoms with E-state index in [4.69, 9.17) is 5.11 Å². The quantitative estimate of drug-likeness (QED) is 0.496. The number of rotatable bonds is 13. The number of allylic oxidation sites excluding steroid dienone is 2. The smallest absolute Gasteiger partial charge is 0.313 e. The first-order valence-corrected chi connectivity index (χ1v) is 10.5. The fourth-order valence-corrected chi connectivity index (χ4v) is 3.60. The Morgan fingerprint density at radius 1 is 1.20 bits per heavy atom. The SMILES string of the molecule is CCCCCC(=O)CC=C1CCCC(=O)N1CCCCSCC(=O)O. The molecule has 1 heterocycles. The lowest BCUT2D eigenvalue weighted by molar-refractivity contribution is -0.134. The van der Waals surface area contributed by atoms with Gasteiger partial charge in [0.2, 0.25) is 5.91 Å². The van der Waals surface area contributed by atoms with Gasteiger partial charge in [-0.1, -0.05) is 25.8 Å². The van der Waals surface area contributed by atoms with Crippen LogP contribution in [0, 0.1) is 0 Å². The number of hydrogen-bond donors (Lipinski definition) is 1. The zero-order valence-electron chi connectivity index (χ0n) is 15.3. The molecular formula is C19H31NO4S. The average molecular weight is 370 g/mol. The summed E-state index contributed by atoms with van der Waals surface area (Å²) in [6.45, 7) is 2.79. The molecule has 0 atom stereocenters. The van der Waals surface area contributed by atoms with Crippen LogP contribution >= 0.6 is 11.8 Å². The summed E-state index contributed by atoms with van der Waals surface area (Å²) in [6.07, 6.45) is 10.2. The average Bonchev–Trinajstić information content (AvgIpc) is 2.57. The minimum absolute atomic E-state index is 0.133. The van der Waals surface area contributed by atoms with Crippen LogP contribution in [0.4, 0.5) is 0 Å². The minimum Gasteiger partial charge on any atom is -0.481 e. The summed E-state index contributed by atoms with van der Waals surface area (Å²) in [5.74, 6) is 0.542. The second kappa shape index (κ2) is 13.0. The van der Waals surface area contributed by atoms with Crippen LogP contribution in [0.1, 0.15) is 71.1 Å². The molecule has 1 saturated heterocycles. The number of carbonyl (C=O) groups excluding carboxylic acids is 2. The third-order valence-electron chi connectivity index (χ3n) is 4.24. The zero-order chi connectivity index (χ0) is 18.5. The van der Waals surface area contributed by atoms with E-state index in [2.05, 4.69) is 6.92 Å². The van der Waals surface area contributed by atoms with E-state index in [-0.39, 0.29) is 17.4 Å². The van der Waals surface area contributed by atoms with Crippen molar-refractivity contribution in [2.75, 3.05) is 18.1 Å². The van der Waals surface area contributed by atoms with E-state index in [1.54, 1.807) is 0 Å². The number of amides is 1. The normalized spacial score (nSPS) is 16.4. The highest BCUT2D eigenvalue weighted by atomic mass is 32.2. The van der Waals surface area contributed by atoms with Crippen LogP contribution in [-0.2, 0) is 14.4 Å². The number of piperidine rings is 1. The summed E-state index contributed by atoms with van der Waals surface area (Å²) >= 11 is 1.41. The summed E-state index contributed by atoms with van der Waals surface area (Å²) in [7, 11) is 0. The molecule has 6 heteroatoms. The molecule has 1 N–H and O–H groups in total. The van der Waals surface area contributed by atoms with Crippen molar-refractivity contribution in [3.05, 3.63) is 11.8 Å². The second-order valence-corrected chi connectivity index (χ2v) is 7.55. The number of aliphatic carboxylic acids is 1. The van der Waals surface area contributed by atoms with Crippen LogP contribution in [0.15, 0.2) is 11.8 Å². The highest BCUT2D eigenvalue weighted by Gasteiger charge is 2.22. The van der Waals surface area contributed by atoms with E-state index in [0.29, 0.717) is 25.8 Å². The minimum atomic E-state index is -0.787. The number of hydrogen-bond acceptors (Lipinski definition) is 4. The number of unbranched alkanes of at least 4 members (excludes halogenated alkanes) is 3. The lowest BCUT2D eigenvalue weighted by Crippen LogP contribution is -2.34. The van der Waals surface area contributed by atoms with E-state index in [0.717, 1.165) is 56.4 Å². The third kappa shape index (κ3) is 9.68. The highest BCUT2D eigenvalue weighted by molar-refractivity contribution is 7.99. The monoisotopic (exact) mass is 369 g/mol. The highest BCUT2D eigenvalue weighted by Crippen LogP contribution is 2.23. The van der Waals surface area contributed by atoms with Crippen molar-refractivity contribution in [1.29, 1.82) is 0 Å². The number of nitrogens with zero attached hydrogens (tertiary/aromatic N) is 1. The van der Waals surface area contributed by atoms with Gasteiger partial charge in [-0.2, -0.15) is 11.8 Å². The molecule has 1 amide bonds. The number of carboxylic acids is 1. The number of thioether (sulfide) groups is 1. The van der Waals surface area contributed by atoms with Gasteiger partial charge in [-0.25, -0.2) is 0 Å². The molecule has 0 aliphatic carbocycles. The molecule has 1 rings (SSSR count). The van der Waals surface area contributed by atoms with Crippen molar-refractivity contribution >= 4 is 29.4 Å². The number of likely N-dealkylation sites (tertiary alicyclic amines) is 1. The van der Waals surface area contributed by atoms with Crippen LogP contribution in [-0.4, -0.2) is 45.7 Å². The largest absolute Gasteiger partial charge is 0.481 e. The second-order valence-electron chi connectivity index (χ2n) is 6.45. The molecular weight excluding hydrogens is 338 g/mol. The molecule has 0 unspecified atom stereocenters. The number of Topliss-reactive ketones (excluding diaryl/α,β-unsaturated/α-hetero) is 1. The van der Waals surface area contributed by atoms with E-state index in [9.17, 15) is 14.4 Å². The fraction of sp³-hybridized carbons (Fsp3) is 0.737. The Morgan fingerprint density at radius 3 is 2.72 bits per heavy atom. The molecule has 0 saturated carbocycles. The standard InChI is InChI=1S/C19H31NO4S/c1-2-3-4-9-17(21)12-11-16-8-7-10-18(22)20(16)13-5-6-14-25-15-19(23)24/h11H,2-10,12-15H2,1H3,(H,23,24). The summed E-state index contributed by atoms with van der Waals surface area (Å²) in [5.41, 5.74) is 0.998. The van der Waals surface area contributed by atoms with Gasteiger partial charge in [-0.05, 0) is 37.9 Å². The molecule has 0 aromatic carbocycles. The molecule has 1 aliphatic heterocycles. The van der Waals surface area contributed by atoms with Crippen molar-refractivity contribution in [2.24, 2.45) is 0 Å². The van der Waals surface area contributed by atoms with E-state index in [1.165, 1.54) is 11.8 Å². The molecule has 0 aromatic rings. The maximum absolute atomic E-state index is 12.2. The van der Waals surface area contributed by atoms with Crippen LogP contribution in [0.3, 0.4) is 0 Å². The summed E-state index contributed by atoms with van der Waals surface area (Å²) in [4.78, 5) is 36.4. The first-order chi connectivity index (χ1) is 12.0. The fourth-order valence-electron chi connectivity index (χ4n) is 2.87. The molecule has 142 valence electrons. The van der Waals surface area contributed by atoms with Gasteiger partial charge in [0.25, 0.3) is 0 Å². The van der Waals surface area contributed by atoms with Crippen molar-refractivity contribution in [2.45, 2.75) is 71.1 Å². The maximum Gasteiger partial charge on any atom is 0.313 e. The number of carboxylic acid groups (broad SMARTS) is 1. The Balaban J connectivity index is 2.39. The van der Waals surface area contributed by atoms with Crippen LogP contribution < -0.4 is 0 Å². The van der Waals surface area contributed by atoms with Gasteiger partial charge in [0.1, 0.15) is 5.78 Å². The number of carbonyl (C=O) groups is 3. The molecule has 1 fully saturated rings. The predicted octanol–water partition coefficient (Wildman–Crippen LogP) is 4.02. The van der Waals surface area contributed by atoms with Gasteiger partial charge >= 0.3 is 5.97 Å². The van der Waals surface area contributed by atoms with Gasteiger partial charge in [-0.3, -0.25) is 14.4 Å². The van der Waals surface area contributed by atoms with E-state index >= 15 is 0 Å². The summed E-state index contributed by atoms with van der Waals surface area (Å²) in [6, 6.07) is 0. The first-order valence-electron chi connectivity index (χ1n) is 9.35. The van der Waals surface area contributed by atoms with Crippen molar-refractivity contribution in [3.8, 4) is 0 Å². The molecule has 0 radical (unpaired) electrons. The van der Waals surface area contributed by atoms with Crippen molar-refractivity contribution in [3.63, 3.8) is 0 Å². The summed E-state index contributed by atoms with van der Waals surface area (Å²) in [5, 5.41) is 8.61. The molecule has 0 aromatic heterocycles. The molecule has 1 aliphatic rings. The van der Waals surface area contributed by atoms with E-state index in [1.807, 2.05) is 11.0 Å². The zero-order valence-corrected chi connectivity index (χ0v) is 16.1. The van der Waals surface area contributed by atoms with Crippen LogP contribution in [0.5, 0.6) is 0 Å². The lowest BCUT2D eigenvalue weighted by atomic mass is 10.0. The van der Waals surface area contributed by atoms with Crippen molar-refractivity contribution in [1.82, 2.24) is 4.90 Å². The van der Waals surface area contributed by atoms with E-state index < -0.39 is 5.97 Å². The Kier molecular flexibility index (Phi) is 11.3. The third-order valence-corrected chi connectivity index (χ3v) is 5.27. The lowest BCUT2D eigenvalue weighted by Gasteiger charge is -2.30.